The van der Waals surface area contributed by atoms with Gasteiger partial charge < -0.3 is 9.52 Å². The molecule has 0 aliphatic carbocycles. The summed E-state index contributed by atoms with van der Waals surface area (Å²) in [6, 6.07) is 7.87. The van der Waals surface area contributed by atoms with Crippen LogP contribution < -0.4 is 0 Å². The predicted molar refractivity (Wildman–Crippen MR) is 74.2 cm³/mol. The van der Waals surface area contributed by atoms with Crippen molar-refractivity contribution >= 4 is 16.9 Å². The smallest absolute Gasteiger partial charge is 0.317 e. The van der Waals surface area contributed by atoms with E-state index in [9.17, 15) is 4.79 Å². The molecule has 102 valence electrons. The van der Waals surface area contributed by atoms with Crippen LogP contribution in [0.2, 0.25) is 0 Å². The zero-order chi connectivity index (χ0) is 13.8. The summed E-state index contributed by atoms with van der Waals surface area (Å²) in [5.41, 5.74) is 1.95. The van der Waals surface area contributed by atoms with E-state index < -0.39 is 5.97 Å². The van der Waals surface area contributed by atoms with Crippen molar-refractivity contribution in [2.24, 2.45) is 0 Å². The zero-order valence-corrected chi connectivity index (χ0v) is 11.3. The maximum absolute atomic E-state index is 10.9. The van der Waals surface area contributed by atoms with Gasteiger partial charge >= 0.3 is 5.97 Å². The third-order valence-electron chi connectivity index (χ3n) is 3.18. The first-order valence-corrected chi connectivity index (χ1v) is 6.53. The molecule has 0 saturated heterocycles. The van der Waals surface area contributed by atoms with Crippen LogP contribution in [0.3, 0.4) is 0 Å². The number of para-hydroxylation sites is 1. The number of carbonyl (C=O) groups is 1. The summed E-state index contributed by atoms with van der Waals surface area (Å²) in [5, 5.41) is 10.0. The van der Waals surface area contributed by atoms with Crippen molar-refractivity contribution in [2.75, 3.05) is 13.1 Å². The molecule has 0 saturated carbocycles. The summed E-state index contributed by atoms with van der Waals surface area (Å²) in [6.45, 7) is 5.43. The minimum Gasteiger partial charge on any atom is -0.480 e. The van der Waals surface area contributed by atoms with Crippen molar-refractivity contribution in [2.45, 2.75) is 26.8 Å². The summed E-state index contributed by atoms with van der Waals surface area (Å²) in [4.78, 5) is 12.8. The molecule has 0 spiro atoms. The standard InChI is InChI=1S/C15H19NO3/c1-3-8-16(10-15(17)18)9-13-11(2)19-14-7-5-4-6-12(13)14/h4-7H,3,8-10H2,1-2H3,(H,17,18). The normalized spacial score (nSPS) is 11.3. The van der Waals surface area contributed by atoms with Gasteiger partial charge in [-0.3, -0.25) is 9.69 Å². The van der Waals surface area contributed by atoms with Crippen LogP contribution in [0.4, 0.5) is 0 Å². The molecule has 4 nitrogen and oxygen atoms in total. The number of hydrogen-bond donors (Lipinski definition) is 1. The van der Waals surface area contributed by atoms with E-state index in [1.807, 2.05) is 36.1 Å². The average molecular weight is 261 g/mol. The summed E-state index contributed by atoms with van der Waals surface area (Å²) in [5.74, 6) is 0.0756. The number of fused-ring (bicyclic) bond motifs is 1. The maximum atomic E-state index is 10.9. The molecular weight excluding hydrogens is 242 g/mol. The molecule has 0 amide bonds. The fourth-order valence-electron chi connectivity index (χ4n) is 2.36. The van der Waals surface area contributed by atoms with Crippen LogP contribution >= 0.6 is 0 Å². The van der Waals surface area contributed by atoms with Gasteiger partial charge in [-0.15, -0.1) is 0 Å². The lowest BCUT2D eigenvalue weighted by atomic mass is 10.1. The fourth-order valence-corrected chi connectivity index (χ4v) is 2.36. The number of aliphatic carboxylic acids is 1. The Morgan fingerprint density at radius 2 is 2.11 bits per heavy atom. The first kappa shape index (κ1) is 13.6. The predicted octanol–water partition coefficient (Wildman–Crippen LogP) is 3.04. The van der Waals surface area contributed by atoms with Crippen LogP contribution in [0.1, 0.15) is 24.7 Å². The Bertz CT molecular complexity index is 574. The highest BCUT2D eigenvalue weighted by molar-refractivity contribution is 5.82. The molecule has 0 radical (unpaired) electrons. The van der Waals surface area contributed by atoms with E-state index in [4.69, 9.17) is 9.52 Å². The van der Waals surface area contributed by atoms with Crippen LogP contribution in [0.15, 0.2) is 28.7 Å². The number of carboxylic acid groups (broad SMARTS) is 1. The topological polar surface area (TPSA) is 53.7 Å². The van der Waals surface area contributed by atoms with E-state index in [1.54, 1.807) is 0 Å². The summed E-state index contributed by atoms with van der Waals surface area (Å²) in [7, 11) is 0. The number of nitrogens with zero attached hydrogens (tertiary/aromatic N) is 1. The van der Waals surface area contributed by atoms with Gasteiger partial charge in [-0.2, -0.15) is 0 Å². The van der Waals surface area contributed by atoms with Gasteiger partial charge in [-0.05, 0) is 26.0 Å². The number of hydrogen-bond acceptors (Lipinski definition) is 3. The van der Waals surface area contributed by atoms with Crippen molar-refractivity contribution in [3.63, 3.8) is 0 Å². The molecule has 19 heavy (non-hydrogen) atoms. The van der Waals surface area contributed by atoms with E-state index in [-0.39, 0.29) is 6.54 Å². The highest BCUT2D eigenvalue weighted by Gasteiger charge is 2.15. The molecule has 0 fully saturated rings. The Hall–Kier alpha value is -1.81. The number of aryl methyl sites for hydroxylation is 1. The average Bonchev–Trinajstić information content (AvgIpc) is 2.66. The lowest BCUT2D eigenvalue weighted by Gasteiger charge is -2.19. The zero-order valence-electron chi connectivity index (χ0n) is 11.3. The summed E-state index contributed by atoms with van der Waals surface area (Å²) in [6.07, 6.45) is 0.933. The molecule has 1 aromatic carbocycles. The number of carboxylic acids is 1. The van der Waals surface area contributed by atoms with Crippen LogP contribution in [0.25, 0.3) is 11.0 Å². The van der Waals surface area contributed by atoms with Crippen LogP contribution in [0, 0.1) is 6.92 Å². The molecule has 0 bridgehead atoms. The van der Waals surface area contributed by atoms with Crippen LogP contribution in [-0.2, 0) is 11.3 Å². The quantitative estimate of drug-likeness (QED) is 0.868. The molecule has 4 heteroatoms. The number of rotatable bonds is 6. The third kappa shape index (κ3) is 3.15. The molecule has 2 aromatic rings. The largest absolute Gasteiger partial charge is 0.480 e. The second-order valence-corrected chi connectivity index (χ2v) is 4.74. The molecule has 0 aliphatic rings. The van der Waals surface area contributed by atoms with Gasteiger partial charge in [0.05, 0.1) is 6.54 Å². The van der Waals surface area contributed by atoms with E-state index in [1.165, 1.54) is 0 Å². The fraction of sp³-hybridized carbons (Fsp3) is 0.400. The Balaban J connectivity index is 2.27. The van der Waals surface area contributed by atoms with Gasteiger partial charge in [-0.1, -0.05) is 25.1 Å². The highest BCUT2D eigenvalue weighted by Crippen LogP contribution is 2.26. The van der Waals surface area contributed by atoms with Crippen molar-refractivity contribution in [3.05, 3.63) is 35.6 Å². The van der Waals surface area contributed by atoms with E-state index in [2.05, 4.69) is 6.92 Å². The van der Waals surface area contributed by atoms with Crippen LogP contribution in [0.5, 0.6) is 0 Å². The Kier molecular flexibility index (Phi) is 4.22. The third-order valence-corrected chi connectivity index (χ3v) is 3.18. The lowest BCUT2D eigenvalue weighted by Crippen LogP contribution is -2.30. The minimum atomic E-state index is -0.793. The Morgan fingerprint density at radius 3 is 2.79 bits per heavy atom. The lowest BCUT2D eigenvalue weighted by molar-refractivity contribution is -0.138. The summed E-state index contributed by atoms with van der Waals surface area (Å²) < 4.78 is 5.71. The Morgan fingerprint density at radius 1 is 1.37 bits per heavy atom. The number of benzene rings is 1. The van der Waals surface area contributed by atoms with Crippen LogP contribution in [-0.4, -0.2) is 29.1 Å². The van der Waals surface area contributed by atoms with Gasteiger partial charge in [0.25, 0.3) is 0 Å². The Labute approximate surface area is 112 Å². The minimum absolute atomic E-state index is 0.0623. The molecule has 0 atom stereocenters. The van der Waals surface area contributed by atoms with Crippen molar-refractivity contribution in [3.8, 4) is 0 Å². The van der Waals surface area contributed by atoms with E-state index in [0.717, 1.165) is 35.3 Å². The molecular formula is C15H19NO3. The van der Waals surface area contributed by atoms with Gasteiger partial charge in [-0.25, -0.2) is 0 Å². The first-order chi connectivity index (χ1) is 9.11. The van der Waals surface area contributed by atoms with Gasteiger partial charge in [0.15, 0.2) is 0 Å². The maximum Gasteiger partial charge on any atom is 0.317 e. The van der Waals surface area contributed by atoms with E-state index in [0.29, 0.717) is 6.54 Å². The molecule has 0 unspecified atom stereocenters. The van der Waals surface area contributed by atoms with Crippen molar-refractivity contribution < 1.29 is 14.3 Å². The highest BCUT2D eigenvalue weighted by atomic mass is 16.4. The van der Waals surface area contributed by atoms with Crippen molar-refractivity contribution in [1.29, 1.82) is 0 Å². The molecule has 2 rings (SSSR count). The number of furan rings is 1. The molecule has 0 aliphatic heterocycles. The first-order valence-electron chi connectivity index (χ1n) is 6.53. The molecule has 1 heterocycles. The van der Waals surface area contributed by atoms with Gasteiger partial charge in [0.2, 0.25) is 0 Å². The SMILES string of the molecule is CCCN(CC(=O)O)Cc1c(C)oc2ccccc12. The second-order valence-electron chi connectivity index (χ2n) is 4.74. The van der Waals surface area contributed by atoms with Gasteiger partial charge in [0.1, 0.15) is 11.3 Å². The van der Waals surface area contributed by atoms with E-state index >= 15 is 0 Å². The molecule has 1 N–H and O–H groups in total. The second kappa shape index (κ2) is 5.89. The summed E-state index contributed by atoms with van der Waals surface area (Å²) >= 11 is 0. The van der Waals surface area contributed by atoms with Crippen molar-refractivity contribution in [1.82, 2.24) is 4.90 Å². The monoisotopic (exact) mass is 261 g/mol. The molecule has 1 aromatic heterocycles. The van der Waals surface area contributed by atoms with Gasteiger partial charge in [0, 0.05) is 17.5 Å².